The second kappa shape index (κ2) is 8.50. The molecule has 0 aromatic heterocycles. The molecule has 0 spiro atoms. The molecule has 0 saturated heterocycles. The highest BCUT2D eigenvalue weighted by Crippen LogP contribution is 2.46. The molecule has 0 N–H and O–H groups in total. The predicted molar refractivity (Wildman–Crippen MR) is 96.9 cm³/mol. The minimum Gasteiger partial charge on any atom is -0.299 e. The van der Waals surface area contributed by atoms with Crippen molar-refractivity contribution in [1.29, 1.82) is 0 Å². The second-order valence-corrected chi connectivity index (χ2v) is 7.30. The number of carbonyl (C=O) groups excluding carboxylic acids is 1. The van der Waals surface area contributed by atoms with Crippen molar-refractivity contribution in [3.8, 4) is 0 Å². The second-order valence-electron chi connectivity index (χ2n) is 7.30. The SMILES string of the molecule is C=C(C)C/C=C(/C)C(C)CCC1([C@@H](C)/C=C/C)CCCC1=O. The zero-order valence-corrected chi connectivity index (χ0v) is 15.2. The summed E-state index contributed by atoms with van der Waals surface area (Å²) < 4.78 is 0. The average Bonchev–Trinajstić information content (AvgIpc) is 2.84. The van der Waals surface area contributed by atoms with Crippen LogP contribution in [0.4, 0.5) is 0 Å². The summed E-state index contributed by atoms with van der Waals surface area (Å²) >= 11 is 0. The molecular formula is C21H34O. The van der Waals surface area contributed by atoms with E-state index in [2.05, 4.69) is 59.4 Å². The summed E-state index contributed by atoms with van der Waals surface area (Å²) in [6.45, 7) is 14.8. The third kappa shape index (κ3) is 4.69. The van der Waals surface area contributed by atoms with Gasteiger partial charge in [-0.1, -0.05) is 49.8 Å². The average molecular weight is 303 g/mol. The number of ketones is 1. The largest absolute Gasteiger partial charge is 0.299 e. The van der Waals surface area contributed by atoms with Gasteiger partial charge in [-0.25, -0.2) is 0 Å². The van der Waals surface area contributed by atoms with E-state index in [4.69, 9.17) is 0 Å². The van der Waals surface area contributed by atoms with E-state index in [1.807, 2.05) is 0 Å². The van der Waals surface area contributed by atoms with Crippen molar-refractivity contribution in [1.82, 2.24) is 0 Å². The van der Waals surface area contributed by atoms with Gasteiger partial charge in [0.1, 0.15) is 5.78 Å². The lowest BCUT2D eigenvalue weighted by molar-refractivity contribution is -0.128. The van der Waals surface area contributed by atoms with Crippen LogP contribution in [0.2, 0.25) is 0 Å². The molecular weight excluding hydrogens is 268 g/mol. The van der Waals surface area contributed by atoms with E-state index < -0.39 is 0 Å². The fourth-order valence-electron chi connectivity index (χ4n) is 3.64. The van der Waals surface area contributed by atoms with Crippen LogP contribution in [0.15, 0.2) is 36.0 Å². The summed E-state index contributed by atoms with van der Waals surface area (Å²) in [6, 6.07) is 0. The Morgan fingerprint density at radius 3 is 2.55 bits per heavy atom. The first kappa shape index (κ1) is 18.9. The van der Waals surface area contributed by atoms with Crippen molar-refractivity contribution in [2.45, 2.75) is 73.1 Å². The molecule has 0 aromatic rings. The van der Waals surface area contributed by atoms with Gasteiger partial charge in [0.25, 0.3) is 0 Å². The van der Waals surface area contributed by atoms with Crippen molar-refractivity contribution in [2.75, 3.05) is 0 Å². The molecule has 1 nitrogen and oxygen atoms in total. The quantitative estimate of drug-likeness (QED) is 0.483. The van der Waals surface area contributed by atoms with E-state index >= 15 is 0 Å². The molecule has 0 radical (unpaired) electrons. The Morgan fingerprint density at radius 1 is 1.36 bits per heavy atom. The van der Waals surface area contributed by atoms with Crippen LogP contribution in [-0.2, 0) is 4.79 Å². The summed E-state index contributed by atoms with van der Waals surface area (Å²) in [7, 11) is 0. The summed E-state index contributed by atoms with van der Waals surface area (Å²) in [6.07, 6.45) is 12.6. The number of allylic oxidation sites excluding steroid dienone is 5. The van der Waals surface area contributed by atoms with Crippen molar-refractivity contribution < 1.29 is 4.79 Å². The normalized spacial score (nSPS) is 25.7. The van der Waals surface area contributed by atoms with Crippen molar-refractivity contribution >= 4 is 5.78 Å². The lowest BCUT2D eigenvalue weighted by atomic mass is 9.69. The molecule has 0 aromatic carbocycles. The number of hydrogen-bond donors (Lipinski definition) is 0. The Balaban J connectivity index is 2.74. The molecule has 1 rings (SSSR count). The van der Waals surface area contributed by atoms with Crippen LogP contribution in [0.1, 0.15) is 73.1 Å². The number of hydrogen-bond acceptors (Lipinski definition) is 1. The van der Waals surface area contributed by atoms with E-state index in [1.165, 1.54) is 11.1 Å². The molecule has 1 fully saturated rings. The maximum atomic E-state index is 12.5. The number of carbonyl (C=O) groups is 1. The van der Waals surface area contributed by atoms with Gasteiger partial charge in [-0.3, -0.25) is 4.79 Å². The fourth-order valence-corrected chi connectivity index (χ4v) is 3.64. The van der Waals surface area contributed by atoms with Gasteiger partial charge < -0.3 is 0 Å². The summed E-state index contributed by atoms with van der Waals surface area (Å²) in [5.74, 6) is 1.40. The van der Waals surface area contributed by atoms with Crippen molar-refractivity contribution in [3.63, 3.8) is 0 Å². The molecule has 1 aliphatic rings. The topological polar surface area (TPSA) is 17.1 Å². The molecule has 0 bridgehead atoms. The Bertz CT molecular complexity index is 455. The first-order valence-corrected chi connectivity index (χ1v) is 8.80. The zero-order valence-electron chi connectivity index (χ0n) is 15.2. The van der Waals surface area contributed by atoms with E-state index in [1.54, 1.807) is 0 Å². The van der Waals surface area contributed by atoms with Crippen molar-refractivity contribution in [3.05, 3.63) is 36.0 Å². The van der Waals surface area contributed by atoms with E-state index in [0.717, 1.165) is 38.5 Å². The van der Waals surface area contributed by atoms with E-state index in [9.17, 15) is 4.79 Å². The van der Waals surface area contributed by atoms with Gasteiger partial charge in [0.15, 0.2) is 0 Å². The Hall–Kier alpha value is -1.11. The molecule has 124 valence electrons. The van der Waals surface area contributed by atoms with Gasteiger partial charge >= 0.3 is 0 Å². The van der Waals surface area contributed by atoms with Crippen LogP contribution in [0.5, 0.6) is 0 Å². The number of rotatable bonds is 8. The monoisotopic (exact) mass is 302 g/mol. The van der Waals surface area contributed by atoms with Crippen LogP contribution in [0.3, 0.4) is 0 Å². The highest BCUT2D eigenvalue weighted by molar-refractivity contribution is 5.87. The van der Waals surface area contributed by atoms with Crippen molar-refractivity contribution in [2.24, 2.45) is 17.3 Å². The van der Waals surface area contributed by atoms with Gasteiger partial charge in [0.05, 0.1) is 0 Å². The predicted octanol–water partition coefficient (Wildman–Crippen LogP) is 6.27. The smallest absolute Gasteiger partial charge is 0.139 e. The Labute approximate surface area is 137 Å². The van der Waals surface area contributed by atoms with Crippen LogP contribution in [-0.4, -0.2) is 5.78 Å². The highest BCUT2D eigenvalue weighted by atomic mass is 16.1. The minimum atomic E-state index is -0.102. The van der Waals surface area contributed by atoms with Gasteiger partial charge in [0, 0.05) is 11.8 Å². The van der Waals surface area contributed by atoms with Gasteiger partial charge in [0.2, 0.25) is 0 Å². The number of Topliss-reactive ketones (excluding diaryl/α,β-unsaturated/α-hetero) is 1. The first-order chi connectivity index (χ1) is 10.3. The molecule has 1 aliphatic carbocycles. The first-order valence-electron chi connectivity index (χ1n) is 8.80. The van der Waals surface area contributed by atoms with Gasteiger partial charge in [-0.15, -0.1) is 0 Å². The lowest BCUT2D eigenvalue weighted by Gasteiger charge is -2.33. The van der Waals surface area contributed by atoms with Crippen LogP contribution < -0.4 is 0 Å². The molecule has 1 heteroatoms. The maximum absolute atomic E-state index is 12.5. The maximum Gasteiger partial charge on any atom is 0.139 e. The van der Waals surface area contributed by atoms with E-state index in [-0.39, 0.29) is 5.41 Å². The van der Waals surface area contributed by atoms with Crippen LogP contribution in [0, 0.1) is 17.3 Å². The lowest BCUT2D eigenvalue weighted by Crippen LogP contribution is -2.33. The summed E-state index contributed by atoms with van der Waals surface area (Å²) in [5, 5.41) is 0. The minimum absolute atomic E-state index is 0.102. The zero-order chi connectivity index (χ0) is 16.8. The standard InChI is InChI=1S/C21H34O/c1-7-9-19(6)21(14-8-10-20(21)22)15-13-18(5)17(4)12-11-16(2)3/h7,9,12,18-19H,2,8,10-11,13-15H2,1,3-6H3/b9-7+,17-12-/t18?,19-,21?/m0/s1. The van der Waals surface area contributed by atoms with Gasteiger partial charge in [-0.2, -0.15) is 0 Å². The molecule has 0 heterocycles. The van der Waals surface area contributed by atoms with E-state index in [0.29, 0.717) is 17.6 Å². The summed E-state index contributed by atoms with van der Waals surface area (Å²) in [5.41, 5.74) is 2.54. The third-order valence-corrected chi connectivity index (χ3v) is 5.51. The third-order valence-electron chi connectivity index (χ3n) is 5.51. The Kier molecular flexibility index (Phi) is 7.32. The van der Waals surface area contributed by atoms with Crippen LogP contribution in [0.25, 0.3) is 0 Å². The molecule has 0 amide bonds. The molecule has 0 aliphatic heterocycles. The Morgan fingerprint density at radius 2 is 2.05 bits per heavy atom. The van der Waals surface area contributed by atoms with Crippen LogP contribution >= 0.6 is 0 Å². The summed E-state index contributed by atoms with van der Waals surface area (Å²) in [4.78, 5) is 12.5. The molecule has 22 heavy (non-hydrogen) atoms. The van der Waals surface area contributed by atoms with Gasteiger partial charge in [-0.05, 0) is 64.7 Å². The molecule has 1 saturated carbocycles. The fraction of sp³-hybridized carbons (Fsp3) is 0.667. The molecule has 2 unspecified atom stereocenters. The highest BCUT2D eigenvalue weighted by Gasteiger charge is 2.44. The molecule has 3 atom stereocenters.